The van der Waals surface area contributed by atoms with Crippen LogP contribution >= 0.6 is 11.6 Å². The third-order valence-corrected chi connectivity index (χ3v) is 3.42. The van der Waals surface area contributed by atoms with Gasteiger partial charge in [0.05, 0.1) is 16.2 Å². The van der Waals surface area contributed by atoms with Crippen molar-refractivity contribution in [2.24, 2.45) is 0 Å². The van der Waals surface area contributed by atoms with E-state index in [2.05, 4.69) is 14.9 Å². The molecule has 0 radical (unpaired) electrons. The van der Waals surface area contributed by atoms with Crippen LogP contribution < -0.4 is 9.84 Å². The van der Waals surface area contributed by atoms with Crippen molar-refractivity contribution in [2.75, 3.05) is 11.9 Å². The molecule has 0 aliphatic rings. The van der Waals surface area contributed by atoms with E-state index in [1.165, 1.54) is 25.4 Å². The van der Waals surface area contributed by atoms with Crippen LogP contribution in [0, 0.1) is 0 Å². The van der Waals surface area contributed by atoms with Crippen molar-refractivity contribution in [3.63, 3.8) is 0 Å². The van der Waals surface area contributed by atoms with Crippen molar-refractivity contribution in [2.45, 2.75) is 0 Å². The molecular formula is C13H9ClFN3O3. The molecule has 3 aromatic rings. The van der Waals surface area contributed by atoms with Gasteiger partial charge in [0.15, 0.2) is 5.75 Å². The van der Waals surface area contributed by atoms with E-state index in [1.807, 2.05) is 0 Å². The Kier molecular flexibility index (Phi) is 3.06. The Bertz CT molecular complexity index is 865. The van der Waals surface area contributed by atoms with Crippen LogP contribution in [0.3, 0.4) is 0 Å². The molecule has 0 spiro atoms. The van der Waals surface area contributed by atoms with Crippen molar-refractivity contribution < 1.29 is 19.4 Å². The Balaban J connectivity index is 2.41. The average Bonchev–Trinajstić information content (AvgIpc) is 2.83. The van der Waals surface area contributed by atoms with E-state index in [9.17, 15) is 9.32 Å². The number of carboxylic acid groups (broad SMARTS) is 1. The molecule has 2 heterocycles. The third-order valence-electron chi connectivity index (χ3n) is 3.22. The summed E-state index contributed by atoms with van der Waals surface area (Å²) in [5.74, 6) is -0.105. The minimum Gasteiger partial charge on any atom is -0.465 e. The average molecular weight is 310 g/mol. The zero-order valence-electron chi connectivity index (χ0n) is 10.7. The summed E-state index contributed by atoms with van der Waals surface area (Å²) >= 11 is 5.92. The highest BCUT2D eigenvalue weighted by Gasteiger charge is 2.18. The third kappa shape index (κ3) is 2.11. The molecule has 0 saturated carbocycles. The molecule has 1 aromatic carbocycles. The number of benzene rings is 1. The smallest absolute Gasteiger partial charge is 0.411 e. The number of nitrogens with one attached hydrogen (secondary N) is 1. The standard InChI is InChI=1S/C13H9ClFN3O3/c1-18(13(19)20)10-4-7(21-15)3-8-9-2-6(14)5-16-12(9)17-11(8)10/h2-5H,1H3,(H,16,17)(H,19,20). The summed E-state index contributed by atoms with van der Waals surface area (Å²) in [5.41, 5.74) is 1.28. The van der Waals surface area contributed by atoms with Crippen LogP contribution in [0.2, 0.25) is 5.02 Å². The lowest BCUT2D eigenvalue weighted by atomic mass is 10.1. The number of fused-ring (bicyclic) bond motifs is 3. The molecule has 2 N–H and O–H groups in total. The Morgan fingerprint density at radius 3 is 2.86 bits per heavy atom. The van der Waals surface area contributed by atoms with Gasteiger partial charge in [0.25, 0.3) is 0 Å². The lowest BCUT2D eigenvalue weighted by molar-refractivity contribution is -0.00598. The van der Waals surface area contributed by atoms with E-state index in [1.54, 1.807) is 6.07 Å². The first-order valence-corrected chi connectivity index (χ1v) is 6.25. The van der Waals surface area contributed by atoms with E-state index < -0.39 is 6.09 Å². The molecule has 1 amide bonds. The maximum Gasteiger partial charge on any atom is 0.411 e. The normalized spacial score (nSPS) is 11.0. The number of carbonyl (C=O) groups is 1. The molecule has 3 rings (SSSR count). The summed E-state index contributed by atoms with van der Waals surface area (Å²) in [6, 6.07) is 4.40. The highest BCUT2D eigenvalue weighted by atomic mass is 35.5. The number of anilines is 1. The molecule has 21 heavy (non-hydrogen) atoms. The van der Waals surface area contributed by atoms with Gasteiger partial charge in [-0.25, -0.2) is 9.78 Å². The van der Waals surface area contributed by atoms with Gasteiger partial charge >= 0.3 is 6.09 Å². The largest absolute Gasteiger partial charge is 0.465 e. The molecule has 0 aliphatic carbocycles. The predicted octanol–water partition coefficient (Wildman–Crippen LogP) is 3.75. The van der Waals surface area contributed by atoms with Gasteiger partial charge in [-0.15, -0.1) is 0 Å². The van der Waals surface area contributed by atoms with Gasteiger partial charge in [-0.1, -0.05) is 11.6 Å². The molecule has 0 atom stereocenters. The van der Waals surface area contributed by atoms with Crippen LogP contribution in [0.1, 0.15) is 0 Å². The molecule has 108 valence electrons. The first kappa shape index (κ1) is 13.4. The van der Waals surface area contributed by atoms with Gasteiger partial charge in [-0.3, -0.25) is 9.84 Å². The zero-order chi connectivity index (χ0) is 15.1. The van der Waals surface area contributed by atoms with Crippen LogP contribution in [0.15, 0.2) is 24.4 Å². The minimum atomic E-state index is -1.18. The number of halogens is 2. The number of aromatic amines is 1. The number of amides is 1. The van der Waals surface area contributed by atoms with E-state index in [4.69, 9.17) is 16.7 Å². The first-order chi connectivity index (χ1) is 10.0. The Morgan fingerprint density at radius 2 is 2.19 bits per heavy atom. The van der Waals surface area contributed by atoms with Crippen LogP contribution in [0.25, 0.3) is 21.9 Å². The van der Waals surface area contributed by atoms with Gasteiger partial charge in [-0.05, 0) is 12.1 Å². The van der Waals surface area contributed by atoms with E-state index >= 15 is 0 Å². The molecule has 0 aliphatic heterocycles. The number of H-pyrrole nitrogens is 1. The molecule has 6 nitrogen and oxygen atoms in total. The number of rotatable bonds is 2. The van der Waals surface area contributed by atoms with Gasteiger partial charge < -0.3 is 10.1 Å². The summed E-state index contributed by atoms with van der Waals surface area (Å²) < 4.78 is 12.6. The van der Waals surface area contributed by atoms with Gasteiger partial charge in [0.2, 0.25) is 0 Å². The first-order valence-electron chi connectivity index (χ1n) is 5.87. The van der Waals surface area contributed by atoms with Gasteiger partial charge in [0, 0.05) is 34.6 Å². The fourth-order valence-corrected chi connectivity index (χ4v) is 2.38. The predicted molar refractivity (Wildman–Crippen MR) is 76.8 cm³/mol. The Labute approximate surface area is 122 Å². The summed E-state index contributed by atoms with van der Waals surface area (Å²) in [7, 11) is 1.35. The van der Waals surface area contributed by atoms with Crippen molar-refractivity contribution in [3.05, 3.63) is 29.4 Å². The molecule has 2 aromatic heterocycles. The Hall–Kier alpha value is -2.54. The number of pyridine rings is 1. The monoisotopic (exact) mass is 309 g/mol. The molecular weight excluding hydrogens is 301 g/mol. The van der Waals surface area contributed by atoms with Crippen molar-refractivity contribution in [1.29, 1.82) is 0 Å². The second-order valence-electron chi connectivity index (χ2n) is 4.46. The van der Waals surface area contributed by atoms with E-state index in [0.29, 0.717) is 27.0 Å². The second kappa shape index (κ2) is 4.78. The maximum atomic E-state index is 12.6. The SMILES string of the molecule is CN(C(=O)O)c1cc(OF)cc2c1[nH]c1ncc(Cl)cc12. The lowest BCUT2D eigenvalue weighted by Crippen LogP contribution is -2.24. The number of hydrogen-bond donors (Lipinski definition) is 2. The summed E-state index contributed by atoms with van der Waals surface area (Å²) in [6.45, 7) is 0. The summed E-state index contributed by atoms with van der Waals surface area (Å²) in [4.78, 5) is 23.0. The van der Waals surface area contributed by atoms with Gasteiger partial charge in [-0.2, -0.15) is 0 Å². The topological polar surface area (TPSA) is 78.5 Å². The van der Waals surface area contributed by atoms with Crippen molar-refractivity contribution in [1.82, 2.24) is 9.97 Å². The zero-order valence-corrected chi connectivity index (χ0v) is 11.5. The van der Waals surface area contributed by atoms with Crippen molar-refractivity contribution >= 4 is 45.3 Å². The highest BCUT2D eigenvalue weighted by molar-refractivity contribution is 6.31. The fourth-order valence-electron chi connectivity index (χ4n) is 2.22. The number of hydrogen-bond acceptors (Lipinski definition) is 3. The van der Waals surface area contributed by atoms with Crippen molar-refractivity contribution in [3.8, 4) is 5.75 Å². The van der Waals surface area contributed by atoms with E-state index in [0.717, 1.165) is 4.90 Å². The van der Waals surface area contributed by atoms with Gasteiger partial charge in [0.1, 0.15) is 5.65 Å². The lowest BCUT2D eigenvalue weighted by Gasteiger charge is -2.14. The van der Waals surface area contributed by atoms with Crippen LogP contribution in [-0.4, -0.2) is 28.2 Å². The number of aromatic nitrogens is 2. The minimum absolute atomic E-state index is 0.105. The molecule has 0 saturated heterocycles. The number of nitrogens with zero attached hydrogens (tertiary/aromatic N) is 2. The second-order valence-corrected chi connectivity index (χ2v) is 4.89. The molecule has 0 fully saturated rings. The van der Waals surface area contributed by atoms with Crippen LogP contribution in [0.5, 0.6) is 5.75 Å². The molecule has 8 heteroatoms. The molecule has 0 bridgehead atoms. The highest BCUT2D eigenvalue weighted by Crippen LogP contribution is 2.36. The fraction of sp³-hybridized carbons (Fsp3) is 0.0769. The van der Waals surface area contributed by atoms with E-state index in [-0.39, 0.29) is 11.4 Å². The quantitative estimate of drug-likeness (QED) is 0.755. The summed E-state index contributed by atoms with van der Waals surface area (Å²) in [6.07, 6.45) is 0.281. The Morgan fingerprint density at radius 1 is 1.43 bits per heavy atom. The van der Waals surface area contributed by atoms with Crippen LogP contribution in [-0.2, 0) is 0 Å². The molecule has 0 unspecified atom stereocenters. The summed E-state index contributed by atoms with van der Waals surface area (Å²) in [5, 5.41) is 10.8. The maximum absolute atomic E-state index is 12.6. The van der Waals surface area contributed by atoms with Crippen LogP contribution in [0.4, 0.5) is 15.0 Å².